The fraction of sp³-hybridized carbons (Fsp3) is 0.250. The normalized spacial score (nSPS) is 10.7. The van der Waals surface area contributed by atoms with Gasteiger partial charge in [-0.3, -0.25) is 9.89 Å². The Balaban J connectivity index is 1.56. The Bertz CT molecular complexity index is 875. The minimum absolute atomic E-state index is 0.0103. The highest BCUT2D eigenvalue weighted by Crippen LogP contribution is 2.20. The maximum absolute atomic E-state index is 12.4. The SMILES string of the molecule is Cc1nc(CCCNC(=O)c2cc(Cc3ccccc3)ccc2O)n[nH]1. The summed E-state index contributed by atoms with van der Waals surface area (Å²) in [5.74, 6) is 1.24. The van der Waals surface area contributed by atoms with Gasteiger partial charge in [0.05, 0.1) is 5.56 Å². The number of aromatic hydroxyl groups is 1. The molecule has 1 heterocycles. The van der Waals surface area contributed by atoms with Gasteiger partial charge in [0, 0.05) is 13.0 Å². The first-order chi connectivity index (χ1) is 12.6. The maximum Gasteiger partial charge on any atom is 0.255 e. The van der Waals surface area contributed by atoms with Gasteiger partial charge in [-0.2, -0.15) is 5.10 Å². The Labute approximate surface area is 152 Å². The van der Waals surface area contributed by atoms with Gasteiger partial charge >= 0.3 is 0 Å². The molecule has 0 aliphatic carbocycles. The van der Waals surface area contributed by atoms with Crippen LogP contribution in [-0.2, 0) is 12.8 Å². The molecule has 0 bridgehead atoms. The molecule has 6 heteroatoms. The van der Waals surface area contributed by atoms with Gasteiger partial charge in [0.2, 0.25) is 0 Å². The third kappa shape index (κ3) is 4.69. The van der Waals surface area contributed by atoms with Crippen LogP contribution in [0.4, 0.5) is 0 Å². The highest BCUT2D eigenvalue weighted by molar-refractivity contribution is 5.97. The lowest BCUT2D eigenvalue weighted by Gasteiger charge is -2.09. The van der Waals surface area contributed by atoms with Crippen LogP contribution in [0.5, 0.6) is 5.75 Å². The molecule has 3 aromatic rings. The van der Waals surface area contributed by atoms with E-state index in [0.29, 0.717) is 24.9 Å². The summed E-state index contributed by atoms with van der Waals surface area (Å²) in [6, 6.07) is 15.2. The van der Waals surface area contributed by atoms with Crippen LogP contribution in [0.2, 0.25) is 0 Å². The number of nitrogens with zero attached hydrogens (tertiary/aromatic N) is 2. The molecule has 3 rings (SSSR count). The average Bonchev–Trinajstić information content (AvgIpc) is 3.06. The molecular formula is C20H22N4O2. The number of rotatable bonds is 7. The van der Waals surface area contributed by atoms with Gasteiger partial charge in [-0.25, -0.2) is 4.98 Å². The van der Waals surface area contributed by atoms with Crippen LogP contribution < -0.4 is 5.32 Å². The Hall–Kier alpha value is -3.15. The zero-order valence-corrected chi connectivity index (χ0v) is 14.7. The molecular weight excluding hydrogens is 328 g/mol. The summed E-state index contributed by atoms with van der Waals surface area (Å²) in [4.78, 5) is 16.6. The standard InChI is InChI=1S/C20H22N4O2/c1-14-22-19(24-23-14)8-5-11-21-20(26)17-13-16(9-10-18(17)25)12-15-6-3-2-4-7-15/h2-4,6-7,9-10,13,25H,5,8,11-12H2,1H3,(H,21,26)(H,22,23,24). The summed E-state index contributed by atoms with van der Waals surface area (Å²) in [5, 5.41) is 19.7. The van der Waals surface area contributed by atoms with E-state index in [4.69, 9.17) is 0 Å². The first kappa shape index (κ1) is 17.7. The summed E-state index contributed by atoms with van der Waals surface area (Å²) in [5.41, 5.74) is 2.44. The van der Waals surface area contributed by atoms with Crippen LogP contribution in [0.3, 0.4) is 0 Å². The van der Waals surface area contributed by atoms with E-state index in [9.17, 15) is 9.90 Å². The van der Waals surface area contributed by atoms with Crippen molar-refractivity contribution < 1.29 is 9.90 Å². The molecule has 0 saturated carbocycles. The molecule has 26 heavy (non-hydrogen) atoms. The summed E-state index contributed by atoms with van der Waals surface area (Å²) >= 11 is 0. The second-order valence-corrected chi connectivity index (χ2v) is 6.21. The van der Waals surface area contributed by atoms with Gasteiger partial charge in [-0.15, -0.1) is 0 Å². The van der Waals surface area contributed by atoms with Crippen molar-refractivity contribution in [3.8, 4) is 5.75 Å². The molecule has 134 valence electrons. The van der Waals surface area contributed by atoms with E-state index in [-0.39, 0.29) is 11.7 Å². The molecule has 0 unspecified atom stereocenters. The molecule has 0 radical (unpaired) electrons. The number of H-pyrrole nitrogens is 1. The fourth-order valence-corrected chi connectivity index (χ4v) is 2.75. The van der Waals surface area contributed by atoms with Crippen LogP contribution in [0.1, 0.15) is 39.6 Å². The van der Waals surface area contributed by atoms with Crippen molar-refractivity contribution >= 4 is 5.91 Å². The second kappa shape index (κ2) is 8.29. The van der Waals surface area contributed by atoms with Crippen molar-refractivity contribution in [2.45, 2.75) is 26.2 Å². The Morgan fingerprint density at radius 1 is 1.15 bits per heavy atom. The largest absolute Gasteiger partial charge is 0.507 e. The van der Waals surface area contributed by atoms with Crippen molar-refractivity contribution in [1.29, 1.82) is 0 Å². The van der Waals surface area contributed by atoms with Crippen molar-refractivity contribution in [3.05, 3.63) is 76.9 Å². The van der Waals surface area contributed by atoms with Crippen LogP contribution in [0, 0.1) is 6.92 Å². The topological polar surface area (TPSA) is 90.9 Å². The zero-order valence-electron chi connectivity index (χ0n) is 14.7. The fourth-order valence-electron chi connectivity index (χ4n) is 2.75. The van der Waals surface area contributed by atoms with Gasteiger partial charge in [0.25, 0.3) is 5.91 Å². The van der Waals surface area contributed by atoms with Crippen LogP contribution in [-0.4, -0.2) is 32.7 Å². The molecule has 0 saturated heterocycles. The molecule has 0 spiro atoms. The molecule has 0 aliphatic heterocycles. The number of nitrogens with one attached hydrogen (secondary N) is 2. The number of amides is 1. The summed E-state index contributed by atoms with van der Waals surface area (Å²) < 4.78 is 0. The predicted octanol–water partition coefficient (Wildman–Crippen LogP) is 2.77. The lowest BCUT2D eigenvalue weighted by atomic mass is 10.0. The Morgan fingerprint density at radius 3 is 2.69 bits per heavy atom. The number of aromatic amines is 1. The summed E-state index contributed by atoms with van der Waals surface area (Å²) in [6.45, 7) is 2.35. The van der Waals surface area contributed by atoms with Gasteiger partial charge in [-0.1, -0.05) is 36.4 Å². The number of phenolic OH excluding ortho intramolecular Hbond substituents is 1. The molecule has 0 aliphatic rings. The van der Waals surface area contributed by atoms with E-state index in [1.54, 1.807) is 12.1 Å². The molecule has 2 aromatic carbocycles. The van der Waals surface area contributed by atoms with E-state index < -0.39 is 0 Å². The highest BCUT2D eigenvalue weighted by atomic mass is 16.3. The lowest BCUT2D eigenvalue weighted by molar-refractivity contribution is 0.0950. The molecule has 1 amide bonds. The quantitative estimate of drug-likeness (QED) is 0.572. The minimum atomic E-state index is -0.274. The second-order valence-electron chi connectivity index (χ2n) is 6.21. The smallest absolute Gasteiger partial charge is 0.255 e. The molecule has 0 atom stereocenters. The van der Waals surface area contributed by atoms with Crippen LogP contribution >= 0.6 is 0 Å². The van der Waals surface area contributed by atoms with E-state index >= 15 is 0 Å². The summed E-state index contributed by atoms with van der Waals surface area (Å²) in [6.07, 6.45) is 2.13. The van der Waals surface area contributed by atoms with E-state index in [2.05, 4.69) is 20.5 Å². The first-order valence-electron chi connectivity index (χ1n) is 8.64. The van der Waals surface area contributed by atoms with Crippen molar-refractivity contribution in [2.24, 2.45) is 0 Å². The summed E-state index contributed by atoms with van der Waals surface area (Å²) in [7, 11) is 0. The average molecular weight is 350 g/mol. The van der Waals surface area contributed by atoms with Crippen molar-refractivity contribution in [1.82, 2.24) is 20.5 Å². The highest BCUT2D eigenvalue weighted by Gasteiger charge is 2.12. The van der Waals surface area contributed by atoms with Gasteiger partial charge in [0.15, 0.2) is 5.82 Å². The number of hydrogen-bond acceptors (Lipinski definition) is 4. The predicted molar refractivity (Wildman–Crippen MR) is 99.1 cm³/mol. The number of aryl methyl sites for hydroxylation is 2. The van der Waals surface area contributed by atoms with Gasteiger partial charge < -0.3 is 10.4 Å². The van der Waals surface area contributed by atoms with Crippen LogP contribution in [0.25, 0.3) is 0 Å². The molecule has 1 aromatic heterocycles. The Morgan fingerprint density at radius 2 is 1.96 bits per heavy atom. The number of phenols is 1. The monoisotopic (exact) mass is 350 g/mol. The van der Waals surface area contributed by atoms with Gasteiger partial charge in [-0.05, 0) is 43.0 Å². The number of benzene rings is 2. The molecule has 6 nitrogen and oxygen atoms in total. The maximum atomic E-state index is 12.4. The Kier molecular flexibility index (Phi) is 5.63. The number of aromatic nitrogens is 3. The van der Waals surface area contributed by atoms with Crippen LogP contribution in [0.15, 0.2) is 48.5 Å². The van der Waals surface area contributed by atoms with Crippen molar-refractivity contribution in [2.75, 3.05) is 6.54 Å². The number of carbonyl (C=O) groups excluding carboxylic acids is 1. The van der Waals surface area contributed by atoms with E-state index in [1.807, 2.05) is 43.3 Å². The third-order valence-electron chi connectivity index (χ3n) is 4.06. The first-order valence-corrected chi connectivity index (χ1v) is 8.64. The third-order valence-corrected chi connectivity index (χ3v) is 4.06. The molecule has 0 fully saturated rings. The lowest BCUT2D eigenvalue weighted by Crippen LogP contribution is -2.25. The van der Waals surface area contributed by atoms with E-state index in [1.165, 1.54) is 0 Å². The number of hydrogen-bond donors (Lipinski definition) is 3. The zero-order chi connectivity index (χ0) is 18.4. The van der Waals surface area contributed by atoms with Crippen molar-refractivity contribution in [3.63, 3.8) is 0 Å². The van der Waals surface area contributed by atoms with E-state index in [0.717, 1.165) is 29.2 Å². The minimum Gasteiger partial charge on any atom is -0.507 e. The molecule has 3 N–H and O–H groups in total. The number of carbonyl (C=O) groups is 1. The van der Waals surface area contributed by atoms with Gasteiger partial charge in [0.1, 0.15) is 11.6 Å².